The van der Waals surface area contributed by atoms with Crippen LogP contribution in [0.1, 0.15) is 11.1 Å². The Morgan fingerprint density at radius 1 is 1.00 bits per heavy atom. The quantitative estimate of drug-likeness (QED) is 0.513. The van der Waals surface area contributed by atoms with E-state index in [1.807, 2.05) is 30.5 Å². The van der Waals surface area contributed by atoms with Gasteiger partial charge in [0, 0.05) is 17.6 Å². The van der Waals surface area contributed by atoms with E-state index in [9.17, 15) is 0 Å². The molecule has 0 radical (unpaired) electrons. The molecule has 4 aromatic rings. The number of rotatable bonds is 4. The van der Waals surface area contributed by atoms with Crippen molar-refractivity contribution in [1.82, 2.24) is 14.5 Å². The van der Waals surface area contributed by atoms with Crippen LogP contribution in [0.5, 0.6) is 5.75 Å². The van der Waals surface area contributed by atoms with Gasteiger partial charge in [0.15, 0.2) is 0 Å². The summed E-state index contributed by atoms with van der Waals surface area (Å²) in [7, 11) is 1.60. The second-order valence-electron chi connectivity index (χ2n) is 6.39. The van der Waals surface area contributed by atoms with E-state index in [4.69, 9.17) is 16.3 Å². The van der Waals surface area contributed by atoms with Crippen molar-refractivity contribution in [2.24, 2.45) is 0 Å². The summed E-state index contributed by atoms with van der Waals surface area (Å²) in [5.74, 6) is 1.36. The number of halogens is 1. The molecule has 0 aliphatic heterocycles. The van der Waals surface area contributed by atoms with Crippen LogP contribution in [-0.4, -0.2) is 21.6 Å². The number of hydrogen-bond acceptors (Lipinski definition) is 4. The number of fused-ring (bicyclic) bond motifs is 1. The Bertz CT molecular complexity index is 1140. The first-order valence-electron chi connectivity index (χ1n) is 8.57. The molecule has 6 heteroatoms. The third kappa shape index (κ3) is 3.22. The summed E-state index contributed by atoms with van der Waals surface area (Å²) in [5.41, 5.74) is 5.26. The minimum Gasteiger partial charge on any atom is -0.495 e. The summed E-state index contributed by atoms with van der Waals surface area (Å²) in [4.78, 5) is 8.89. The van der Waals surface area contributed by atoms with Crippen molar-refractivity contribution < 1.29 is 4.74 Å². The largest absolute Gasteiger partial charge is 0.495 e. The molecule has 27 heavy (non-hydrogen) atoms. The monoisotopic (exact) mass is 378 g/mol. The van der Waals surface area contributed by atoms with Gasteiger partial charge in [0.2, 0.25) is 0 Å². The number of aromatic nitrogens is 3. The van der Waals surface area contributed by atoms with Crippen LogP contribution in [0, 0.1) is 13.8 Å². The van der Waals surface area contributed by atoms with E-state index < -0.39 is 0 Å². The van der Waals surface area contributed by atoms with Gasteiger partial charge in [-0.25, -0.2) is 9.97 Å². The van der Waals surface area contributed by atoms with Crippen LogP contribution in [0.3, 0.4) is 0 Å². The number of aryl methyl sites for hydroxylation is 2. The minimum atomic E-state index is 0.542. The molecule has 0 saturated carbocycles. The van der Waals surface area contributed by atoms with Gasteiger partial charge >= 0.3 is 0 Å². The zero-order chi connectivity index (χ0) is 19.0. The van der Waals surface area contributed by atoms with Crippen molar-refractivity contribution in [3.63, 3.8) is 0 Å². The number of benzene rings is 2. The molecule has 0 saturated heterocycles. The Morgan fingerprint density at radius 3 is 2.59 bits per heavy atom. The summed E-state index contributed by atoms with van der Waals surface area (Å²) in [6.07, 6.45) is 3.57. The molecule has 0 aliphatic carbocycles. The molecule has 0 atom stereocenters. The number of methoxy groups -OCH3 is 1. The number of ether oxygens (including phenoxy) is 1. The highest BCUT2D eigenvalue weighted by Crippen LogP contribution is 2.31. The van der Waals surface area contributed by atoms with E-state index in [0.29, 0.717) is 10.8 Å². The normalized spacial score (nSPS) is 11.0. The average Bonchev–Trinajstić information content (AvgIpc) is 3.09. The van der Waals surface area contributed by atoms with Crippen molar-refractivity contribution in [2.45, 2.75) is 13.8 Å². The fourth-order valence-corrected chi connectivity index (χ4v) is 3.27. The minimum absolute atomic E-state index is 0.542. The third-order valence-electron chi connectivity index (χ3n) is 4.66. The molecule has 0 bridgehead atoms. The molecular formula is C21H19ClN4O. The molecule has 5 nitrogen and oxygen atoms in total. The van der Waals surface area contributed by atoms with E-state index in [1.165, 1.54) is 11.1 Å². The zero-order valence-electron chi connectivity index (χ0n) is 15.3. The first-order chi connectivity index (χ1) is 13.1. The summed E-state index contributed by atoms with van der Waals surface area (Å²) in [5, 5.41) is 4.80. The van der Waals surface area contributed by atoms with E-state index in [-0.39, 0.29) is 0 Å². The van der Waals surface area contributed by atoms with Gasteiger partial charge in [0.1, 0.15) is 23.5 Å². The highest BCUT2D eigenvalue weighted by molar-refractivity contribution is 6.32. The number of hydrogen-bond donors (Lipinski definition) is 1. The maximum Gasteiger partial charge on any atom is 0.150 e. The molecule has 2 aromatic heterocycles. The predicted octanol–water partition coefficient (Wildman–Crippen LogP) is 5.44. The number of nitrogens with zero attached hydrogens (tertiary/aromatic N) is 3. The standard InChI is InChI=1S/C21H19ClN4O/c1-13-4-6-16(10-14(13)2)26-9-8-17-20(23-12-24-21(17)26)25-15-5-7-19(27-3)18(22)11-15/h4-12H,1-3H3,(H,23,24,25). The molecular weight excluding hydrogens is 360 g/mol. The van der Waals surface area contributed by atoms with Gasteiger partial charge < -0.3 is 14.6 Å². The summed E-state index contributed by atoms with van der Waals surface area (Å²) in [6.45, 7) is 4.22. The van der Waals surface area contributed by atoms with Crippen LogP contribution in [0.25, 0.3) is 16.7 Å². The molecule has 0 amide bonds. The average molecular weight is 379 g/mol. The molecule has 1 N–H and O–H groups in total. The van der Waals surface area contributed by atoms with Crippen LogP contribution < -0.4 is 10.1 Å². The fourth-order valence-electron chi connectivity index (χ4n) is 3.02. The van der Waals surface area contributed by atoms with Gasteiger partial charge in [-0.1, -0.05) is 17.7 Å². The van der Waals surface area contributed by atoms with Gasteiger partial charge in [-0.15, -0.1) is 0 Å². The molecule has 4 rings (SSSR count). The topological polar surface area (TPSA) is 52.0 Å². The lowest BCUT2D eigenvalue weighted by atomic mass is 10.1. The zero-order valence-corrected chi connectivity index (χ0v) is 16.1. The Labute approximate surface area is 162 Å². The molecule has 2 heterocycles. The molecule has 2 aromatic carbocycles. The summed E-state index contributed by atoms with van der Waals surface area (Å²) < 4.78 is 7.27. The Morgan fingerprint density at radius 2 is 1.85 bits per heavy atom. The predicted molar refractivity (Wildman–Crippen MR) is 110 cm³/mol. The van der Waals surface area contributed by atoms with E-state index in [0.717, 1.165) is 28.2 Å². The number of nitrogens with one attached hydrogen (secondary N) is 1. The van der Waals surface area contributed by atoms with Crippen molar-refractivity contribution in [3.05, 3.63) is 71.1 Å². The third-order valence-corrected chi connectivity index (χ3v) is 4.96. The fraction of sp³-hybridized carbons (Fsp3) is 0.143. The van der Waals surface area contributed by atoms with Crippen molar-refractivity contribution in [1.29, 1.82) is 0 Å². The lowest BCUT2D eigenvalue weighted by molar-refractivity contribution is 0.415. The molecule has 0 aliphatic rings. The summed E-state index contributed by atoms with van der Waals surface area (Å²) in [6, 6.07) is 13.9. The van der Waals surface area contributed by atoms with Gasteiger partial charge in [0.25, 0.3) is 0 Å². The maximum absolute atomic E-state index is 6.22. The van der Waals surface area contributed by atoms with Gasteiger partial charge in [-0.2, -0.15) is 0 Å². The van der Waals surface area contributed by atoms with Crippen LogP contribution in [0.2, 0.25) is 5.02 Å². The Kier molecular flexibility index (Phi) is 4.46. The van der Waals surface area contributed by atoms with Gasteiger partial charge in [-0.05, 0) is 61.4 Å². The number of anilines is 2. The Hall–Kier alpha value is -3.05. The lowest BCUT2D eigenvalue weighted by Gasteiger charge is -2.10. The van der Waals surface area contributed by atoms with E-state index in [1.54, 1.807) is 13.4 Å². The van der Waals surface area contributed by atoms with Crippen LogP contribution in [0.15, 0.2) is 55.0 Å². The van der Waals surface area contributed by atoms with E-state index >= 15 is 0 Å². The first kappa shape index (κ1) is 17.4. The molecule has 136 valence electrons. The highest BCUT2D eigenvalue weighted by Gasteiger charge is 2.11. The van der Waals surface area contributed by atoms with Crippen LogP contribution in [-0.2, 0) is 0 Å². The van der Waals surface area contributed by atoms with Gasteiger partial charge in [0.05, 0.1) is 17.5 Å². The van der Waals surface area contributed by atoms with Crippen molar-refractivity contribution >= 4 is 34.1 Å². The van der Waals surface area contributed by atoms with Gasteiger partial charge in [-0.3, -0.25) is 0 Å². The van der Waals surface area contributed by atoms with Crippen LogP contribution in [0.4, 0.5) is 11.5 Å². The lowest BCUT2D eigenvalue weighted by Crippen LogP contribution is -1.99. The second kappa shape index (κ2) is 6.93. The second-order valence-corrected chi connectivity index (χ2v) is 6.80. The van der Waals surface area contributed by atoms with Crippen LogP contribution >= 0.6 is 11.6 Å². The molecule has 0 unspecified atom stereocenters. The van der Waals surface area contributed by atoms with E-state index in [2.05, 4.69) is 51.9 Å². The Balaban J connectivity index is 1.74. The molecule has 0 spiro atoms. The van der Waals surface area contributed by atoms with Crippen molar-refractivity contribution in [2.75, 3.05) is 12.4 Å². The first-order valence-corrected chi connectivity index (χ1v) is 8.95. The summed E-state index contributed by atoms with van der Waals surface area (Å²) >= 11 is 6.22. The smallest absolute Gasteiger partial charge is 0.150 e. The van der Waals surface area contributed by atoms with Crippen molar-refractivity contribution in [3.8, 4) is 11.4 Å². The highest BCUT2D eigenvalue weighted by atomic mass is 35.5. The maximum atomic E-state index is 6.22. The molecule has 0 fully saturated rings. The SMILES string of the molecule is COc1ccc(Nc2ncnc3c2ccn3-c2ccc(C)c(C)c2)cc1Cl.